The summed E-state index contributed by atoms with van der Waals surface area (Å²) in [6.07, 6.45) is 0. The summed E-state index contributed by atoms with van der Waals surface area (Å²) in [6.45, 7) is 3.24. The Bertz CT molecular complexity index is 452. The number of ether oxygens (including phenoxy) is 2. The van der Waals surface area contributed by atoms with Crippen molar-refractivity contribution in [3.05, 3.63) is 29.6 Å². The second kappa shape index (κ2) is 6.73. The van der Waals surface area contributed by atoms with Gasteiger partial charge in [-0.25, -0.2) is 4.39 Å². The van der Waals surface area contributed by atoms with Gasteiger partial charge in [-0.15, -0.1) is 12.4 Å². The van der Waals surface area contributed by atoms with Crippen LogP contribution in [-0.2, 0) is 9.53 Å². The Labute approximate surface area is 118 Å². The van der Waals surface area contributed by atoms with Crippen LogP contribution in [0.1, 0.15) is 25.5 Å². The number of carbonyl (C=O) groups excluding carboxylic acids is 1. The van der Waals surface area contributed by atoms with Gasteiger partial charge in [-0.05, 0) is 19.9 Å². The highest BCUT2D eigenvalue weighted by molar-refractivity contribution is 5.85. The lowest BCUT2D eigenvalue weighted by Gasteiger charge is -2.29. The SMILES string of the molecule is COC(=O)C(C)(C)[C@H](N)c1ccc(OC)cc1F.Cl. The van der Waals surface area contributed by atoms with E-state index < -0.39 is 23.2 Å². The van der Waals surface area contributed by atoms with Crippen LogP contribution in [0, 0.1) is 11.2 Å². The van der Waals surface area contributed by atoms with Gasteiger partial charge in [0.25, 0.3) is 0 Å². The number of nitrogens with two attached hydrogens (primary N) is 1. The Hall–Kier alpha value is -1.33. The van der Waals surface area contributed by atoms with E-state index in [1.54, 1.807) is 19.9 Å². The van der Waals surface area contributed by atoms with Gasteiger partial charge >= 0.3 is 5.97 Å². The molecule has 0 amide bonds. The predicted molar refractivity (Wildman–Crippen MR) is 72.9 cm³/mol. The third-order valence-electron chi connectivity index (χ3n) is 3.03. The van der Waals surface area contributed by atoms with Crippen LogP contribution in [0.3, 0.4) is 0 Å². The summed E-state index contributed by atoms with van der Waals surface area (Å²) in [4.78, 5) is 11.6. The third kappa shape index (κ3) is 3.58. The average molecular weight is 292 g/mol. The van der Waals surface area contributed by atoms with Crippen LogP contribution >= 0.6 is 12.4 Å². The van der Waals surface area contributed by atoms with E-state index in [1.807, 2.05) is 0 Å². The van der Waals surface area contributed by atoms with Gasteiger partial charge < -0.3 is 15.2 Å². The van der Waals surface area contributed by atoms with E-state index in [0.717, 1.165) is 0 Å². The predicted octanol–water partition coefficient (Wildman–Crippen LogP) is 2.46. The van der Waals surface area contributed by atoms with Gasteiger partial charge in [-0.3, -0.25) is 4.79 Å². The van der Waals surface area contributed by atoms with Gasteiger partial charge in [0.2, 0.25) is 0 Å². The van der Waals surface area contributed by atoms with E-state index in [2.05, 4.69) is 4.74 Å². The molecule has 6 heteroatoms. The van der Waals surface area contributed by atoms with Crippen LogP contribution < -0.4 is 10.5 Å². The monoisotopic (exact) mass is 291 g/mol. The molecule has 0 aromatic heterocycles. The minimum absolute atomic E-state index is 0. The normalized spacial score (nSPS) is 12.3. The number of hydrogen-bond donors (Lipinski definition) is 1. The molecule has 19 heavy (non-hydrogen) atoms. The first kappa shape index (κ1) is 17.7. The van der Waals surface area contributed by atoms with Gasteiger partial charge in [0, 0.05) is 17.7 Å². The van der Waals surface area contributed by atoms with E-state index in [4.69, 9.17) is 10.5 Å². The van der Waals surface area contributed by atoms with Crippen LogP contribution in [0.4, 0.5) is 4.39 Å². The van der Waals surface area contributed by atoms with E-state index in [-0.39, 0.29) is 18.0 Å². The number of hydrogen-bond acceptors (Lipinski definition) is 4. The molecule has 0 saturated carbocycles. The lowest BCUT2D eigenvalue weighted by Crippen LogP contribution is -2.37. The van der Waals surface area contributed by atoms with Crippen molar-refractivity contribution in [2.24, 2.45) is 11.1 Å². The Balaban J connectivity index is 0.00000324. The van der Waals surface area contributed by atoms with Crippen molar-refractivity contribution in [1.29, 1.82) is 0 Å². The molecule has 108 valence electrons. The number of esters is 1. The molecule has 0 spiro atoms. The molecule has 0 fully saturated rings. The van der Waals surface area contributed by atoms with Crippen molar-refractivity contribution in [3.8, 4) is 5.75 Å². The van der Waals surface area contributed by atoms with E-state index >= 15 is 0 Å². The lowest BCUT2D eigenvalue weighted by atomic mass is 9.81. The zero-order chi connectivity index (χ0) is 13.9. The Morgan fingerprint density at radius 2 is 1.95 bits per heavy atom. The molecular formula is C13H19ClFNO3. The first-order chi connectivity index (χ1) is 8.34. The number of halogens is 2. The summed E-state index contributed by atoms with van der Waals surface area (Å²) in [5, 5.41) is 0. The van der Waals surface area contributed by atoms with Crippen molar-refractivity contribution in [2.45, 2.75) is 19.9 Å². The van der Waals surface area contributed by atoms with Crippen LogP contribution in [0.25, 0.3) is 0 Å². The summed E-state index contributed by atoms with van der Waals surface area (Å²) in [7, 11) is 2.73. The third-order valence-corrected chi connectivity index (χ3v) is 3.03. The summed E-state index contributed by atoms with van der Waals surface area (Å²) in [6, 6.07) is 3.56. The maximum absolute atomic E-state index is 13.9. The Kier molecular flexibility index (Phi) is 6.25. The molecule has 0 bridgehead atoms. The van der Waals surface area contributed by atoms with E-state index in [0.29, 0.717) is 5.75 Å². The molecule has 0 radical (unpaired) electrons. The van der Waals surface area contributed by atoms with E-state index in [9.17, 15) is 9.18 Å². The molecule has 0 aliphatic rings. The van der Waals surface area contributed by atoms with Gasteiger partial charge in [0.05, 0.1) is 19.6 Å². The molecule has 1 aromatic rings. The number of methoxy groups -OCH3 is 2. The molecule has 2 N–H and O–H groups in total. The first-order valence-electron chi connectivity index (χ1n) is 5.52. The molecule has 0 unspecified atom stereocenters. The molecule has 0 saturated heterocycles. The summed E-state index contributed by atoms with van der Waals surface area (Å²) >= 11 is 0. The fourth-order valence-corrected chi connectivity index (χ4v) is 1.67. The van der Waals surface area contributed by atoms with Crippen molar-refractivity contribution >= 4 is 18.4 Å². The minimum Gasteiger partial charge on any atom is -0.497 e. The highest BCUT2D eigenvalue weighted by atomic mass is 35.5. The fraction of sp³-hybridized carbons (Fsp3) is 0.462. The lowest BCUT2D eigenvalue weighted by molar-refractivity contribution is -0.152. The standard InChI is InChI=1S/C13H18FNO3.ClH/c1-13(2,12(16)18-4)11(15)9-6-5-8(17-3)7-10(9)14;/h5-7,11H,15H2,1-4H3;1H/t11-;/m1./s1. The molecule has 0 aliphatic heterocycles. The molecule has 1 aromatic carbocycles. The second-order valence-electron chi connectivity index (χ2n) is 4.58. The van der Waals surface area contributed by atoms with Crippen molar-refractivity contribution in [1.82, 2.24) is 0 Å². The topological polar surface area (TPSA) is 61.5 Å². The molecule has 0 heterocycles. The Morgan fingerprint density at radius 3 is 2.37 bits per heavy atom. The van der Waals surface area contributed by atoms with Gasteiger partial charge in [-0.1, -0.05) is 6.07 Å². The summed E-state index contributed by atoms with van der Waals surface area (Å²) in [5.74, 6) is -0.580. The average Bonchev–Trinajstić information content (AvgIpc) is 2.36. The largest absolute Gasteiger partial charge is 0.497 e. The van der Waals surface area contributed by atoms with Crippen LogP contribution in [0.2, 0.25) is 0 Å². The Morgan fingerprint density at radius 1 is 1.37 bits per heavy atom. The first-order valence-corrected chi connectivity index (χ1v) is 5.52. The van der Waals surface area contributed by atoms with Gasteiger partial charge in [0.1, 0.15) is 11.6 Å². The number of carbonyl (C=O) groups is 1. The minimum atomic E-state index is -1.01. The molecular weight excluding hydrogens is 273 g/mol. The smallest absolute Gasteiger partial charge is 0.313 e. The van der Waals surface area contributed by atoms with Gasteiger partial charge in [0.15, 0.2) is 0 Å². The van der Waals surface area contributed by atoms with Crippen LogP contribution in [-0.4, -0.2) is 20.2 Å². The zero-order valence-electron chi connectivity index (χ0n) is 11.4. The molecule has 4 nitrogen and oxygen atoms in total. The summed E-state index contributed by atoms with van der Waals surface area (Å²) in [5.41, 5.74) is 5.21. The second-order valence-corrected chi connectivity index (χ2v) is 4.58. The summed E-state index contributed by atoms with van der Waals surface area (Å²) < 4.78 is 23.5. The molecule has 1 atom stereocenters. The van der Waals surface area contributed by atoms with Crippen molar-refractivity contribution < 1.29 is 18.7 Å². The maximum Gasteiger partial charge on any atom is 0.313 e. The zero-order valence-corrected chi connectivity index (χ0v) is 12.2. The molecule has 1 rings (SSSR count). The van der Waals surface area contributed by atoms with Crippen LogP contribution in [0.15, 0.2) is 18.2 Å². The maximum atomic E-state index is 13.9. The number of rotatable bonds is 4. The van der Waals surface area contributed by atoms with Gasteiger partial charge in [-0.2, -0.15) is 0 Å². The quantitative estimate of drug-likeness (QED) is 0.866. The molecule has 0 aliphatic carbocycles. The van der Waals surface area contributed by atoms with E-state index in [1.165, 1.54) is 26.4 Å². The van der Waals surface area contributed by atoms with Crippen LogP contribution in [0.5, 0.6) is 5.75 Å². The van der Waals surface area contributed by atoms with Crippen molar-refractivity contribution in [2.75, 3.05) is 14.2 Å². The van der Waals surface area contributed by atoms with Crippen molar-refractivity contribution in [3.63, 3.8) is 0 Å². The highest BCUT2D eigenvalue weighted by Crippen LogP contribution is 2.34. The number of benzene rings is 1. The fourth-order valence-electron chi connectivity index (χ4n) is 1.67. The highest BCUT2D eigenvalue weighted by Gasteiger charge is 2.37.